The highest BCUT2D eigenvalue weighted by molar-refractivity contribution is 9.10. The molecule has 0 aliphatic heterocycles. The summed E-state index contributed by atoms with van der Waals surface area (Å²) in [5.41, 5.74) is 4.39. The molecule has 122 valence electrons. The number of methoxy groups -OCH3 is 1. The third kappa shape index (κ3) is 3.60. The third-order valence-corrected chi connectivity index (χ3v) is 4.38. The van der Waals surface area contributed by atoms with E-state index in [4.69, 9.17) is 9.47 Å². The molecule has 24 heavy (non-hydrogen) atoms. The van der Waals surface area contributed by atoms with Gasteiger partial charge >= 0.3 is 0 Å². The van der Waals surface area contributed by atoms with Crippen LogP contribution in [0.5, 0.6) is 11.5 Å². The summed E-state index contributed by atoms with van der Waals surface area (Å²) < 4.78 is 12.4. The topological polar surface area (TPSA) is 31.4 Å². The molecule has 4 heteroatoms. The molecule has 3 rings (SSSR count). The lowest BCUT2D eigenvalue weighted by Gasteiger charge is -2.14. The Balaban J connectivity index is 1.88. The minimum Gasteiger partial charge on any atom is -0.493 e. The fraction of sp³-hybridized carbons (Fsp3) is 0.150. The van der Waals surface area contributed by atoms with Crippen LogP contribution in [0.2, 0.25) is 0 Å². The van der Waals surface area contributed by atoms with Crippen molar-refractivity contribution in [2.75, 3.05) is 7.11 Å². The van der Waals surface area contributed by atoms with Gasteiger partial charge in [0.05, 0.1) is 7.11 Å². The molecule has 0 N–H and O–H groups in total. The molecule has 0 aliphatic carbocycles. The highest BCUT2D eigenvalue weighted by Gasteiger charge is 2.11. The Kier molecular flexibility index (Phi) is 5.16. The van der Waals surface area contributed by atoms with Crippen LogP contribution < -0.4 is 9.47 Å². The Bertz CT molecular complexity index is 814. The minimum absolute atomic E-state index is 0.508. The standard InChI is InChI=1S/C20H18BrNO2/c1-14-11-22-12-17(21)20(14)16-8-9-18(19(10-16)23-2)24-13-15-6-4-3-5-7-15/h3-12H,13H2,1-2H3. The van der Waals surface area contributed by atoms with Crippen molar-refractivity contribution in [3.8, 4) is 22.6 Å². The number of ether oxygens (including phenoxy) is 2. The zero-order valence-corrected chi connectivity index (χ0v) is 15.2. The Hall–Kier alpha value is -2.33. The fourth-order valence-electron chi connectivity index (χ4n) is 2.58. The summed E-state index contributed by atoms with van der Waals surface area (Å²) in [6.45, 7) is 2.55. The summed E-state index contributed by atoms with van der Waals surface area (Å²) in [6, 6.07) is 16.1. The van der Waals surface area contributed by atoms with Gasteiger partial charge in [-0.15, -0.1) is 0 Å². The van der Waals surface area contributed by atoms with Crippen LogP contribution >= 0.6 is 15.9 Å². The number of nitrogens with zero attached hydrogens (tertiary/aromatic N) is 1. The van der Waals surface area contributed by atoms with Crippen molar-refractivity contribution in [3.63, 3.8) is 0 Å². The van der Waals surface area contributed by atoms with Crippen LogP contribution in [0.1, 0.15) is 11.1 Å². The molecule has 2 aromatic carbocycles. The SMILES string of the molecule is COc1cc(-c2c(C)cncc2Br)ccc1OCc1ccccc1. The maximum absolute atomic E-state index is 5.92. The van der Waals surface area contributed by atoms with Crippen LogP contribution in [0.3, 0.4) is 0 Å². The summed E-state index contributed by atoms with van der Waals surface area (Å²) in [5.74, 6) is 1.44. The van der Waals surface area contributed by atoms with Crippen molar-refractivity contribution in [2.24, 2.45) is 0 Å². The third-order valence-electron chi connectivity index (χ3n) is 3.78. The van der Waals surface area contributed by atoms with Crippen molar-refractivity contribution in [1.82, 2.24) is 4.98 Å². The number of halogens is 1. The normalized spacial score (nSPS) is 10.5. The summed E-state index contributed by atoms with van der Waals surface area (Å²) in [6.07, 6.45) is 3.65. The van der Waals surface area contributed by atoms with Gasteiger partial charge in [-0.25, -0.2) is 0 Å². The maximum atomic E-state index is 5.92. The van der Waals surface area contributed by atoms with E-state index in [1.165, 1.54) is 0 Å². The second-order valence-electron chi connectivity index (χ2n) is 5.45. The molecule has 0 aliphatic rings. The summed E-state index contributed by atoms with van der Waals surface area (Å²) in [5, 5.41) is 0. The summed E-state index contributed by atoms with van der Waals surface area (Å²) in [4.78, 5) is 4.19. The van der Waals surface area contributed by atoms with E-state index >= 15 is 0 Å². The first-order valence-electron chi connectivity index (χ1n) is 7.64. The number of aromatic nitrogens is 1. The van der Waals surface area contributed by atoms with Gasteiger partial charge in [-0.2, -0.15) is 0 Å². The molecule has 0 unspecified atom stereocenters. The Morgan fingerprint density at radius 1 is 1.00 bits per heavy atom. The van der Waals surface area contributed by atoms with Crippen LogP contribution in [0.15, 0.2) is 65.4 Å². The van der Waals surface area contributed by atoms with E-state index in [2.05, 4.69) is 20.9 Å². The van der Waals surface area contributed by atoms with Crippen LogP contribution in [0.25, 0.3) is 11.1 Å². The van der Waals surface area contributed by atoms with Crippen LogP contribution in [0.4, 0.5) is 0 Å². The van der Waals surface area contributed by atoms with E-state index in [1.807, 2.05) is 61.7 Å². The first-order valence-corrected chi connectivity index (χ1v) is 8.43. The van der Waals surface area contributed by atoms with Crippen LogP contribution in [-0.4, -0.2) is 12.1 Å². The molecule has 0 fully saturated rings. The first-order chi connectivity index (χ1) is 11.7. The fourth-order valence-corrected chi connectivity index (χ4v) is 3.24. The van der Waals surface area contributed by atoms with Gasteiger partial charge < -0.3 is 9.47 Å². The van der Waals surface area contributed by atoms with Gasteiger partial charge in [0.1, 0.15) is 6.61 Å². The van der Waals surface area contributed by atoms with Crippen molar-refractivity contribution < 1.29 is 9.47 Å². The zero-order valence-electron chi connectivity index (χ0n) is 13.6. The lowest BCUT2D eigenvalue weighted by atomic mass is 10.0. The van der Waals surface area contributed by atoms with Crippen molar-refractivity contribution in [2.45, 2.75) is 13.5 Å². The van der Waals surface area contributed by atoms with Gasteiger partial charge in [0.2, 0.25) is 0 Å². The maximum Gasteiger partial charge on any atom is 0.161 e. The van der Waals surface area contributed by atoms with Gasteiger partial charge in [-0.3, -0.25) is 4.98 Å². The first kappa shape index (κ1) is 16.5. The highest BCUT2D eigenvalue weighted by atomic mass is 79.9. The lowest BCUT2D eigenvalue weighted by Crippen LogP contribution is -1.98. The number of benzene rings is 2. The molecule has 0 saturated heterocycles. The second kappa shape index (κ2) is 7.49. The molecule has 3 aromatic rings. The molecule has 0 amide bonds. The van der Waals surface area contributed by atoms with Gasteiger partial charge in [0, 0.05) is 22.4 Å². The van der Waals surface area contributed by atoms with Crippen LogP contribution in [-0.2, 0) is 6.61 Å². The molecule has 3 nitrogen and oxygen atoms in total. The second-order valence-corrected chi connectivity index (χ2v) is 6.31. The number of aryl methyl sites for hydroxylation is 1. The molecule has 0 saturated carbocycles. The summed E-state index contributed by atoms with van der Waals surface area (Å²) >= 11 is 3.58. The van der Waals surface area contributed by atoms with Gasteiger partial charge in [-0.1, -0.05) is 36.4 Å². The molecule has 1 aromatic heterocycles. The van der Waals surface area contributed by atoms with E-state index in [1.54, 1.807) is 13.3 Å². The predicted octanol–water partition coefficient (Wildman–Crippen LogP) is 5.41. The predicted molar refractivity (Wildman–Crippen MR) is 99.4 cm³/mol. The molecule has 0 spiro atoms. The monoisotopic (exact) mass is 383 g/mol. The van der Waals surface area contributed by atoms with E-state index in [0.29, 0.717) is 12.4 Å². The number of hydrogen-bond donors (Lipinski definition) is 0. The van der Waals surface area contributed by atoms with Gasteiger partial charge in [0.25, 0.3) is 0 Å². The average molecular weight is 384 g/mol. The van der Waals surface area contributed by atoms with Crippen molar-refractivity contribution >= 4 is 15.9 Å². The highest BCUT2D eigenvalue weighted by Crippen LogP contribution is 2.37. The van der Waals surface area contributed by atoms with E-state index < -0.39 is 0 Å². The Morgan fingerprint density at radius 3 is 2.50 bits per heavy atom. The van der Waals surface area contributed by atoms with Crippen LogP contribution in [0, 0.1) is 6.92 Å². The molecular formula is C20H18BrNO2. The number of rotatable bonds is 5. The molecule has 0 bridgehead atoms. The Labute approximate surface area is 150 Å². The number of pyridine rings is 1. The molecule has 1 heterocycles. The largest absolute Gasteiger partial charge is 0.493 e. The number of hydrogen-bond acceptors (Lipinski definition) is 3. The molecular weight excluding hydrogens is 366 g/mol. The van der Waals surface area contributed by atoms with Crippen molar-refractivity contribution in [1.29, 1.82) is 0 Å². The Morgan fingerprint density at radius 2 is 1.79 bits per heavy atom. The summed E-state index contributed by atoms with van der Waals surface area (Å²) in [7, 11) is 1.66. The van der Waals surface area contributed by atoms with Gasteiger partial charge in [0.15, 0.2) is 11.5 Å². The van der Waals surface area contributed by atoms with Crippen molar-refractivity contribution in [3.05, 3.63) is 76.5 Å². The van der Waals surface area contributed by atoms with E-state index in [9.17, 15) is 0 Å². The molecule has 0 atom stereocenters. The minimum atomic E-state index is 0.508. The lowest BCUT2D eigenvalue weighted by molar-refractivity contribution is 0.284. The van der Waals surface area contributed by atoms with E-state index in [0.717, 1.165) is 32.5 Å². The quantitative estimate of drug-likeness (QED) is 0.590. The zero-order chi connectivity index (χ0) is 16.9. The average Bonchev–Trinajstić information content (AvgIpc) is 2.61. The van der Waals surface area contributed by atoms with E-state index in [-0.39, 0.29) is 0 Å². The van der Waals surface area contributed by atoms with Gasteiger partial charge in [-0.05, 0) is 51.7 Å². The molecule has 0 radical (unpaired) electrons. The smallest absolute Gasteiger partial charge is 0.161 e.